The van der Waals surface area contributed by atoms with Gasteiger partial charge in [-0.1, -0.05) is 36.0 Å². The summed E-state index contributed by atoms with van der Waals surface area (Å²) in [6.07, 6.45) is 3.47. The number of nitrogens with zero attached hydrogens (tertiary/aromatic N) is 1. The molecule has 0 aliphatic carbocycles. The van der Waals surface area contributed by atoms with Gasteiger partial charge in [-0.3, -0.25) is 0 Å². The molecule has 4 nitrogen and oxygen atoms in total. The zero-order valence-electron chi connectivity index (χ0n) is 14.2. The third-order valence-corrected chi connectivity index (χ3v) is 4.95. The van der Waals surface area contributed by atoms with Crippen molar-refractivity contribution in [2.45, 2.75) is 13.5 Å². The normalized spacial score (nSPS) is 11.8. The van der Waals surface area contributed by atoms with E-state index in [1.807, 2.05) is 42.6 Å². The van der Waals surface area contributed by atoms with Gasteiger partial charge in [0.15, 0.2) is 17.4 Å². The largest absolute Gasteiger partial charge is 0.867 e. The number of aliphatic hydroxyl groups is 1. The minimum atomic E-state index is -0.162. The fourth-order valence-corrected chi connectivity index (χ4v) is 3.43. The molecule has 0 radical (unpaired) electrons. The highest BCUT2D eigenvalue weighted by Crippen LogP contribution is 2.21. The molecule has 0 aliphatic heterocycles. The van der Waals surface area contributed by atoms with E-state index in [0.29, 0.717) is 21.1 Å². The monoisotopic (exact) mass is 382 g/mol. The van der Waals surface area contributed by atoms with E-state index in [-0.39, 0.29) is 12.4 Å². The molecule has 3 aromatic rings. The average Bonchev–Trinajstić information content (AvgIpc) is 3.19. The van der Waals surface area contributed by atoms with Crippen LogP contribution in [0, 0.1) is 6.92 Å². The molecule has 26 heavy (non-hydrogen) atoms. The quantitative estimate of drug-likeness (QED) is 0.308. The molecule has 2 aromatic heterocycles. The van der Waals surface area contributed by atoms with E-state index in [1.165, 1.54) is 11.3 Å². The maximum absolute atomic E-state index is 13.1. The van der Waals surface area contributed by atoms with Crippen molar-refractivity contribution in [2.75, 3.05) is 5.32 Å². The summed E-state index contributed by atoms with van der Waals surface area (Å²) < 4.78 is 1.66. The van der Waals surface area contributed by atoms with E-state index >= 15 is 0 Å². The molecule has 6 heteroatoms. The number of aryl methyl sites for hydroxylation is 1. The lowest BCUT2D eigenvalue weighted by molar-refractivity contribution is -0.578. The van der Waals surface area contributed by atoms with E-state index in [0.717, 1.165) is 11.3 Å². The van der Waals surface area contributed by atoms with Crippen LogP contribution >= 0.6 is 23.6 Å². The van der Waals surface area contributed by atoms with Gasteiger partial charge < -0.3 is 15.5 Å². The van der Waals surface area contributed by atoms with Gasteiger partial charge in [0, 0.05) is 22.2 Å². The number of hydrogen-bond donors (Lipinski definition) is 2. The second-order valence-electron chi connectivity index (χ2n) is 5.75. The van der Waals surface area contributed by atoms with Crippen LogP contribution in [0.25, 0.3) is 11.5 Å². The minimum Gasteiger partial charge on any atom is -0.867 e. The van der Waals surface area contributed by atoms with Crippen molar-refractivity contribution in [3.63, 3.8) is 0 Å². The molecule has 132 valence electrons. The molecule has 0 spiro atoms. The van der Waals surface area contributed by atoms with Crippen LogP contribution in [0.5, 0.6) is 0 Å². The van der Waals surface area contributed by atoms with E-state index in [9.17, 15) is 10.2 Å². The Morgan fingerprint density at radius 3 is 2.62 bits per heavy atom. The van der Waals surface area contributed by atoms with Crippen LogP contribution in [0.2, 0.25) is 0 Å². The average molecular weight is 383 g/mol. The van der Waals surface area contributed by atoms with Crippen LogP contribution in [0.3, 0.4) is 0 Å². The van der Waals surface area contributed by atoms with Crippen LogP contribution < -0.4 is 15.0 Å². The Hall–Kier alpha value is -2.54. The molecule has 0 amide bonds. The standard InChI is InChI=1S/C20H18N2O2S2/c1-14-6-8-16(9-7-14)21-20(25)18(19(24)17-5-3-11-26-17)22-10-2-4-15(12-22)13-23/h2-12,23H,13H2,1H3,(H-,21,24,25). The van der Waals surface area contributed by atoms with Gasteiger partial charge in [-0.2, -0.15) is 4.57 Å². The first-order valence-corrected chi connectivity index (χ1v) is 9.32. The number of nitrogens with one attached hydrogen (secondary N) is 1. The molecule has 0 fully saturated rings. The van der Waals surface area contributed by atoms with E-state index < -0.39 is 0 Å². The first-order chi connectivity index (χ1) is 12.6. The predicted octanol–water partition coefficient (Wildman–Crippen LogP) is 2.96. The van der Waals surface area contributed by atoms with Gasteiger partial charge in [0.25, 0.3) is 0 Å². The third-order valence-electron chi connectivity index (χ3n) is 3.79. The fourth-order valence-electron chi connectivity index (χ4n) is 2.45. The van der Waals surface area contributed by atoms with E-state index in [2.05, 4.69) is 5.32 Å². The number of rotatable bonds is 5. The second kappa shape index (κ2) is 8.23. The molecule has 1 aromatic carbocycles. The fraction of sp³-hybridized carbons (Fsp3) is 0.100. The topological polar surface area (TPSA) is 59.2 Å². The second-order valence-corrected chi connectivity index (χ2v) is 7.11. The maximum atomic E-state index is 13.1. The van der Waals surface area contributed by atoms with Gasteiger partial charge in [-0.05, 0) is 42.3 Å². The van der Waals surface area contributed by atoms with Crippen molar-refractivity contribution in [2.24, 2.45) is 0 Å². The van der Waals surface area contributed by atoms with Crippen LogP contribution in [0.4, 0.5) is 5.69 Å². The number of thiophene rings is 1. The summed E-state index contributed by atoms with van der Waals surface area (Å²) in [6.45, 7) is 1.90. The summed E-state index contributed by atoms with van der Waals surface area (Å²) in [7, 11) is 0. The SMILES string of the molecule is Cc1ccc(NC(=S)C(=C([O-])c2cccs2)[n+]2cccc(CO)c2)cc1. The number of anilines is 1. The molecule has 2 N–H and O–H groups in total. The molecular weight excluding hydrogens is 364 g/mol. The molecule has 0 saturated heterocycles. The van der Waals surface area contributed by atoms with Gasteiger partial charge in [-0.15, -0.1) is 11.3 Å². The Morgan fingerprint density at radius 2 is 1.96 bits per heavy atom. The van der Waals surface area contributed by atoms with Crippen molar-refractivity contribution < 1.29 is 14.8 Å². The number of aliphatic hydroxyl groups excluding tert-OH is 1. The first kappa shape index (κ1) is 18.3. The molecule has 0 aliphatic rings. The molecule has 0 unspecified atom stereocenters. The first-order valence-electron chi connectivity index (χ1n) is 8.03. The highest BCUT2D eigenvalue weighted by atomic mass is 32.1. The Morgan fingerprint density at radius 1 is 1.19 bits per heavy atom. The number of benzene rings is 1. The predicted molar refractivity (Wildman–Crippen MR) is 107 cm³/mol. The number of aromatic nitrogens is 1. The minimum absolute atomic E-state index is 0.112. The smallest absolute Gasteiger partial charge is 0.239 e. The van der Waals surface area contributed by atoms with Gasteiger partial charge in [0.05, 0.1) is 6.61 Å². The third kappa shape index (κ3) is 4.16. The maximum Gasteiger partial charge on any atom is 0.239 e. The zero-order valence-corrected chi connectivity index (χ0v) is 15.8. The van der Waals surface area contributed by atoms with Crippen molar-refractivity contribution in [1.82, 2.24) is 0 Å². The highest BCUT2D eigenvalue weighted by molar-refractivity contribution is 7.81. The lowest BCUT2D eigenvalue weighted by Gasteiger charge is -2.16. The van der Waals surface area contributed by atoms with Gasteiger partial charge in [0.2, 0.25) is 5.70 Å². The van der Waals surface area contributed by atoms with Crippen LogP contribution in [-0.4, -0.2) is 10.1 Å². The molecule has 2 heterocycles. The van der Waals surface area contributed by atoms with Gasteiger partial charge >= 0.3 is 0 Å². The van der Waals surface area contributed by atoms with Crippen molar-refractivity contribution in [3.8, 4) is 0 Å². The Labute approximate surface area is 161 Å². The Kier molecular flexibility index (Phi) is 5.78. The van der Waals surface area contributed by atoms with E-state index in [4.69, 9.17) is 12.2 Å². The highest BCUT2D eigenvalue weighted by Gasteiger charge is 2.20. The van der Waals surface area contributed by atoms with Crippen molar-refractivity contribution in [1.29, 1.82) is 0 Å². The number of thiocarbonyl (C=S) groups is 1. The molecule has 0 atom stereocenters. The van der Waals surface area contributed by atoms with Crippen LogP contribution in [0.15, 0.2) is 66.3 Å². The summed E-state index contributed by atoms with van der Waals surface area (Å²) in [6, 6.07) is 15.0. The summed E-state index contributed by atoms with van der Waals surface area (Å²) >= 11 is 6.92. The number of pyridine rings is 1. The molecule has 0 saturated carbocycles. The van der Waals surface area contributed by atoms with Crippen molar-refractivity contribution >= 4 is 45.7 Å². The molecule has 3 rings (SSSR count). The lowest BCUT2D eigenvalue weighted by Crippen LogP contribution is -2.40. The molecular formula is C20H18N2O2S2. The van der Waals surface area contributed by atoms with Crippen molar-refractivity contribution in [3.05, 3.63) is 82.3 Å². The summed E-state index contributed by atoms with van der Waals surface area (Å²) in [5, 5.41) is 27.5. The number of hydrogen-bond acceptors (Lipinski definition) is 4. The van der Waals surface area contributed by atoms with Gasteiger partial charge in [-0.25, -0.2) is 0 Å². The molecule has 0 bridgehead atoms. The summed E-state index contributed by atoms with van der Waals surface area (Å²) in [5.74, 6) is -0.162. The van der Waals surface area contributed by atoms with Crippen LogP contribution in [0.1, 0.15) is 16.0 Å². The van der Waals surface area contributed by atoms with Crippen LogP contribution in [-0.2, 0) is 6.61 Å². The van der Waals surface area contributed by atoms with E-state index in [1.54, 1.807) is 35.2 Å². The zero-order chi connectivity index (χ0) is 18.5. The Balaban J connectivity index is 2.04. The summed E-state index contributed by atoms with van der Waals surface area (Å²) in [4.78, 5) is 0.933. The van der Waals surface area contributed by atoms with Gasteiger partial charge in [0.1, 0.15) is 0 Å². The lowest BCUT2D eigenvalue weighted by atomic mass is 10.2. The Bertz CT molecular complexity index is 933. The summed E-state index contributed by atoms with van der Waals surface area (Å²) in [5.41, 5.74) is 3.00.